The van der Waals surface area contributed by atoms with Crippen molar-refractivity contribution in [1.82, 2.24) is 10.3 Å². The van der Waals surface area contributed by atoms with Crippen LogP contribution in [-0.2, 0) is 4.79 Å². The molecule has 6 heteroatoms. The molecule has 0 bridgehead atoms. The van der Waals surface area contributed by atoms with E-state index in [-0.39, 0.29) is 0 Å². The number of carboxylic acid groups (broad SMARTS) is 1. The van der Waals surface area contributed by atoms with E-state index in [9.17, 15) is 14.7 Å². The van der Waals surface area contributed by atoms with Crippen molar-refractivity contribution >= 4 is 22.8 Å². The molecule has 0 aliphatic rings. The lowest BCUT2D eigenvalue weighted by atomic mass is 10.1. The second kappa shape index (κ2) is 5.11. The lowest BCUT2D eigenvalue weighted by Crippen LogP contribution is -2.47. The topological polar surface area (TPSA) is 102 Å². The fraction of sp³-hybridized carbons (Fsp3) is 0.231. The molecule has 0 saturated heterocycles. The summed E-state index contributed by atoms with van der Waals surface area (Å²) in [7, 11) is 0. The van der Waals surface area contributed by atoms with Crippen molar-refractivity contribution in [2.75, 3.05) is 0 Å². The Morgan fingerprint density at radius 3 is 2.63 bits per heavy atom. The first-order valence-electron chi connectivity index (χ1n) is 5.78. The minimum atomic E-state index is -1.33. The van der Waals surface area contributed by atoms with Crippen LogP contribution in [0, 0.1) is 0 Å². The molecule has 100 valence electrons. The molecule has 4 N–H and O–H groups in total. The summed E-state index contributed by atoms with van der Waals surface area (Å²) in [6.07, 6.45) is 0.340. The van der Waals surface area contributed by atoms with Gasteiger partial charge in [0.15, 0.2) is 6.04 Å². The number of nitrogens with one attached hydrogen (secondary N) is 2. The highest BCUT2D eigenvalue weighted by Gasteiger charge is 2.26. The number of aliphatic hydroxyl groups is 1. The molecule has 2 atom stereocenters. The van der Waals surface area contributed by atoms with Gasteiger partial charge in [-0.3, -0.25) is 4.79 Å². The molecule has 6 nitrogen and oxygen atoms in total. The van der Waals surface area contributed by atoms with Gasteiger partial charge >= 0.3 is 5.97 Å². The molecule has 0 unspecified atom stereocenters. The Balaban J connectivity index is 2.27. The first kappa shape index (κ1) is 13.1. The minimum Gasteiger partial charge on any atom is -0.480 e. The zero-order valence-corrected chi connectivity index (χ0v) is 10.3. The van der Waals surface area contributed by atoms with E-state index < -0.39 is 24.0 Å². The molecule has 0 saturated carbocycles. The van der Waals surface area contributed by atoms with Gasteiger partial charge in [0.25, 0.3) is 5.91 Å². The first-order valence-corrected chi connectivity index (χ1v) is 5.78. The number of carbonyl (C=O) groups excluding carboxylic acids is 1. The summed E-state index contributed by atoms with van der Waals surface area (Å²) in [5.74, 6) is -1.81. The lowest BCUT2D eigenvalue weighted by Gasteiger charge is -2.16. The number of fused-ring (bicyclic) bond motifs is 1. The van der Waals surface area contributed by atoms with Crippen LogP contribution in [0.3, 0.4) is 0 Å². The monoisotopic (exact) mass is 262 g/mol. The Kier molecular flexibility index (Phi) is 3.52. The summed E-state index contributed by atoms with van der Waals surface area (Å²) < 4.78 is 0. The van der Waals surface area contributed by atoms with Gasteiger partial charge in [0.1, 0.15) is 0 Å². The number of aromatic amines is 1. The molecule has 0 fully saturated rings. The van der Waals surface area contributed by atoms with Crippen molar-refractivity contribution < 1.29 is 19.8 Å². The average molecular weight is 262 g/mol. The number of benzene rings is 1. The van der Waals surface area contributed by atoms with Crippen molar-refractivity contribution in [1.29, 1.82) is 0 Å². The summed E-state index contributed by atoms with van der Waals surface area (Å²) >= 11 is 0. The van der Waals surface area contributed by atoms with Crippen molar-refractivity contribution in [3.8, 4) is 0 Å². The van der Waals surface area contributed by atoms with E-state index in [1.54, 1.807) is 12.1 Å². The van der Waals surface area contributed by atoms with Crippen LogP contribution in [0.2, 0.25) is 0 Å². The molecule has 0 radical (unpaired) electrons. The van der Waals surface area contributed by atoms with E-state index in [0.717, 1.165) is 5.52 Å². The highest BCUT2D eigenvalue weighted by Crippen LogP contribution is 2.17. The van der Waals surface area contributed by atoms with Crippen molar-refractivity contribution in [3.05, 3.63) is 36.0 Å². The van der Waals surface area contributed by atoms with Gasteiger partial charge < -0.3 is 20.5 Å². The summed E-state index contributed by atoms with van der Waals surface area (Å²) in [5.41, 5.74) is 1.14. The molecule has 1 heterocycles. The van der Waals surface area contributed by atoms with E-state index in [0.29, 0.717) is 10.9 Å². The molecule has 0 aliphatic carbocycles. The number of hydrogen-bond donors (Lipinski definition) is 4. The minimum absolute atomic E-state index is 0.350. The maximum Gasteiger partial charge on any atom is 0.328 e. The molecular weight excluding hydrogens is 248 g/mol. The lowest BCUT2D eigenvalue weighted by molar-refractivity contribution is -0.141. The average Bonchev–Trinajstić information content (AvgIpc) is 2.78. The molecule has 2 rings (SSSR count). The number of hydrogen-bond acceptors (Lipinski definition) is 3. The highest BCUT2D eigenvalue weighted by atomic mass is 16.4. The molecular formula is C13H14N2O4. The van der Waals surface area contributed by atoms with Crippen LogP contribution in [0.5, 0.6) is 0 Å². The van der Waals surface area contributed by atoms with Crippen molar-refractivity contribution in [3.63, 3.8) is 0 Å². The van der Waals surface area contributed by atoms with Crippen molar-refractivity contribution in [2.24, 2.45) is 0 Å². The molecule has 19 heavy (non-hydrogen) atoms. The number of aromatic nitrogens is 1. The highest BCUT2D eigenvalue weighted by molar-refractivity contribution is 6.07. The fourth-order valence-corrected chi connectivity index (χ4v) is 1.87. The predicted octanol–water partition coefficient (Wildman–Crippen LogP) is 0.732. The number of carbonyl (C=O) groups is 2. The molecule has 2 aromatic rings. The standard InChI is InChI=1S/C13H14N2O4/c1-7(16)11(13(18)19)15-12(17)9-6-14-10-5-3-2-4-8(9)10/h2-7,11,14,16H,1H3,(H,15,17)(H,18,19)/t7-,11+/m1/s1. The smallest absolute Gasteiger partial charge is 0.328 e. The van der Waals surface area contributed by atoms with Gasteiger partial charge in [-0.1, -0.05) is 18.2 Å². The largest absolute Gasteiger partial charge is 0.480 e. The summed E-state index contributed by atoms with van der Waals surface area (Å²) in [6, 6.07) is 5.86. The zero-order valence-electron chi connectivity index (χ0n) is 10.3. The van der Waals surface area contributed by atoms with Gasteiger partial charge in [-0.2, -0.15) is 0 Å². The second-order valence-corrected chi connectivity index (χ2v) is 4.28. The number of amides is 1. The summed E-state index contributed by atoms with van der Waals surface area (Å²) in [6.45, 7) is 1.31. The molecule has 1 amide bonds. The van der Waals surface area contributed by atoms with E-state index in [4.69, 9.17) is 5.11 Å². The Hall–Kier alpha value is -2.34. The van der Waals surface area contributed by atoms with Gasteiger partial charge in [-0.15, -0.1) is 0 Å². The van der Waals surface area contributed by atoms with E-state index >= 15 is 0 Å². The maximum atomic E-state index is 12.0. The van der Waals surface area contributed by atoms with E-state index in [1.165, 1.54) is 13.1 Å². The number of rotatable bonds is 4. The third-order valence-corrected chi connectivity index (χ3v) is 2.87. The van der Waals surface area contributed by atoms with Crippen molar-refractivity contribution in [2.45, 2.75) is 19.1 Å². The molecule has 1 aromatic heterocycles. The van der Waals surface area contributed by atoms with Gasteiger partial charge in [0, 0.05) is 17.1 Å². The number of aliphatic hydroxyl groups excluding tert-OH is 1. The van der Waals surface area contributed by atoms with E-state index in [2.05, 4.69) is 10.3 Å². The first-order chi connectivity index (χ1) is 9.00. The van der Waals surface area contributed by atoms with Crippen LogP contribution in [-0.4, -0.2) is 39.2 Å². The van der Waals surface area contributed by atoms with Crippen LogP contribution in [0.15, 0.2) is 30.5 Å². The normalized spacial score (nSPS) is 14.0. The van der Waals surface area contributed by atoms with Gasteiger partial charge in [0.05, 0.1) is 11.7 Å². The Morgan fingerprint density at radius 2 is 2.00 bits per heavy atom. The number of para-hydroxylation sites is 1. The van der Waals surface area contributed by atoms with Crippen LogP contribution >= 0.6 is 0 Å². The quantitative estimate of drug-likeness (QED) is 0.652. The molecule has 1 aromatic carbocycles. The summed E-state index contributed by atoms with van der Waals surface area (Å²) in [5, 5.41) is 21.3. The van der Waals surface area contributed by atoms with Crippen LogP contribution in [0.4, 0.5) is 0 Å². The van der Waals surface area contributed by atoms with Crippen LogP contribution < -0.4 is 5.32 Å². The Bertz CT molecular complexity index is 618. The zero-order chi connectivity index (χ0) is 14.0. The SMILES string of the molecule is C[C@@H](O)[C@H](NC(=O)c1c[nH]c2ccccc12)C(=O)O. The number of aliphatic carboxylic acids is 1. The number of H-pyrrole nitrogens is 1. The van der Waals surface area contributed by atoms with Gasteiger partial charge in [-0.25, -0.2) is 4.79 Å². The maximum absolute atomic E-state index is 12.0. The Morgan fingerprint density at radius 1 is 1.32 bits per heavy atom. The van der Waals surface area contributed by atoms with Gasteiger partial charge in [0.2, 0.25) is 0 Å². The fourth-order valence-electron chi connectivity index (χ4n) is 1.87. The van der Waals surface area contributed by atoms with Gasteiger partial charge in [-0.05, 0) is 13.0 Å². The third-order valence-electron chi connectivity index (χ3n) is 2.87. The molecule has 0 spiro atoms. The predicted molar refractivity (Wildman–Crippen MR) is 68.9 cm³/mol. The molecule has 0 aliphatic heterocycles. The van der Waals surface area contributed by atoms with E-state index in [1.807, 2.05) is 12.1 Å². The number of carboxylic acids is 1. The summed E-state index contributed by atoms with van der Waals surface area (Å²) in [4.78, 5) is 25.9. The van der Waals surface area contributed by atoms with Crippen LogP contribution in [0.1, 0.15) is 17.3 Å². The second-order valence-electron chi connectivity index (χ2n) is 4.28. The van der Waals surface area contributed by atoms with Crippen LogP contribution in [0.25, 0.3) is 10.9 Å². The third kappa shape index (κ3) is 2.58. The Labute approximate surface area is 109 Å².